The minimum absolute atomic E-state index is 0.0866. The van der Waals surface area contributed by atoms with Gasteiger partial charge in [0.15, 0.2) is 0 Å². The number of nitrogens with one attached hydrogen (secondary N) is 1. The van der Waals surface area contributed by atoms with Gasteiger partial charge in [0.1, 0.15) is 5.82 Å². The topological polar surface area (TPSA) is 12.0 Å². The molecule has 0 amide bonds. The quantitative estimate of drug-likeness (QED) is 0.604. The van der Waals surface area contributed by atoms with Crippen LogP contribution in [0.25, 0.3) is 0 Å². The van der Waals surface area contributed by atoms with Crippen LogP contribution in [0.15, 0.2) is 24.3 Å². The van der Waals surface area contributed by atoms with E-state index in [9.17, 15) is 4.39 Å². The zero-order valence-corrected chi connectivity index (χ0v) is 12.4. The summed E-state index contributed by atoms with van der Waals surface area (Å²) < 4.78 is 13.4. The van der Waals surface area contributed by atoms with E-state index in [2.05, 4.69) is 19.2 Å². The van der Waals surface area contributed by atoms with Gasteiger partial charge < -0.3 is 5.32 Å². The molecule has 0 bridgehead atoms. The smallest absolute Gasteiger partial charge is 0.126 e. The number of hydrogen-bond acceptors (Lipinski definition) is 1. The summed E-state index contributed by atoms with van der Waals surface area (Å²) in [6, 6.07) is 7.58. The standard InChI is InChI=1S/C17H28FN/c1-3-4-5-6-7-10-15(2)19-14-13-16-11-8-9-12-17(16)18/h8-9,11-12,15,19H,3-7,10,13-14H2,1-2H3. The van der Waals surface area contributed by atoms with Gasteiger partial charge in [0, 0.05) is 6.04 Å². The molecule has 1 rings (SSSR count). The van der Waals surface area contributed by atoms with Crippen molar-refractivity contribution in [1.29, 1.82) is 0 Å². The van der Waals surface area contributed by atoms with Crippen molar-refractivity contribution in [2.45, 2.75) is 64.8 Å². The minimum Gasteiger partial charge on any atom is -0.314 e. The Kier molecular flexibility index (Phi) is 8.48. The molecule has 1 nitrogen and oxygen atoms in total. The zero-order chi connectivity index (χ0) is 13.9. The largest absolute Gasteiger partial charge is 0.314 e. The molecule has 1 atom stereocenters. The third kappa shape index (κ3) is 7.31. The molecule has 1 unspecified atom stereocenters. The zero-order valence-electron chi connectivity index (χ0n) is 12.4. The lowest BCUT2D eigenvalue weighted by Crippen LogP contribution is -2.28. The van der Waals surface area contributed by atoms with E-state index in [-0.39, 0.29) is 5.82 Å². The molecule has 0 aliphatic carbocycles. The maximum atomic E-state index is 13.4. The molecule has 1 aromatic rings. The Balaban J connectivity index is 2.07. The molecule has 108 valence electrons. The molecule has 0 aliphatic heterocycles. The summed E-state index contributed by atoms with van der Waals surface area (Å²) in [4.78, 5) is 0. The van der Waals surface area contributed by atoms with Gasteiger partial charge in [0.05, 0.1) is 0 Å². The Bertz CT molecular complexity index is 338. The second kappa shape index (κ2) is 9.96. The molecule has 0 heterocycles. The summed E-state index contributed by atoms with van der Waals surface area (Å²) in [5.74, 6) is -0.0866. The number of unbranched alkanes of at least 4 members (excludes halogenated alkanes) is 4. The third-order valence-electron chi connectivity index (χ3n) is 3.59. The van der Waals surface area contributed by atoms with Crippen molar-refractivity contribution in [1.82, 2.24) is 5.32 Å². The van der Waals surface area contributed by atoms with Crippen LogP contribution in [0, 0.1) is 5.82 Å². The van der Waals surface area contributed by atoms with E-state index < -0.39 is 0 Å². The lowest BCUT2D eigenvalue weighted by Gasteiger charge is -2.13. The molecule has 0 saturated heterocycles. The average molecular weight is 265 g/mol. The van der Waals surface area contributed by atoms with Gasteiger partial charge in [-0.2, -0.15) is 0 Å². The van der Waals surface area contributed by atoms with E-state index >= 15 is 0 Å². The van der Waals surface area contributed by atoms with Crippen LogP contribution >= 0.6 is 0 Å². The van der Waals surface area contributed by atoms with Gasteiger partial charge in [0.2, 0.25) is 0 Å². The number of halogens is 1. The van der Waals surface area contributed by atoms with Crippen molar-refractivity contribution in [2.75, 3.05) is 6.54 Å². The maximum absolute atomic E-state index is 13.4. The van der Waals surface area contributed by atoms with Gasteiger partial charge in [-0.3, -0.25) is 0 Å². The van der Waals surface area contributed by atoms with Crippen LogP contribution in [0.4, 0.5) is 4.39 Å². The normalized spacial score (nSPS) is 12.6. The van der Waals surface area contributed by atoms with Gasteiger partial charge in [0.25, 0.3) is 0 Å². The molecule has 0 aliphatic rings. The van der Waals surface area contributed by atoms with E-state index in [0.29, 0.717) is 6.04 Å². The summed E-state index contributed by atoms with van der Waals surface area (Å²) in [6.45, 7) is 5.32. The third-order valence-corrected chi connectivity index (χ3v) is 3.59. The lowest BCUT2D eigenvalue weighted by molar-refractivity contribution is 0.480. The van der Waals surface area contributed by atoms with Crippen molar-refractivity contribution in [2.24, 2.45) is 0 Å². The summed E-state index contributed by atoms with van der Waals surface area (Å²) in [7, 11) is 0. The average Bonchev–Trinajstić information content (AvgIpc) is 2.41. The first kappa shape index (κ1) is 16.2. The van der Waals surface area contributed by atoms with Crippen LogP contribution in [-0.4, -0.2) is 12.6 Å². The molecular weight excluding hydrogens is 237 g/mol. The second-order valence-corrected chi connectivity index (χ2v) is 5.40. The monoisotopic (exact) mass is 265 g/mol. The fraction of sp³-hybridized carbons (Fsp3) is 0.647. The highest BCUT2D eigenvalue weighted by Gasteiger charge is 2.03. The first-order chi connectivity index (χ1) is 9.24. The Hall–Kier alpha value is -0.890. The van der Waals surface area contributed by atoms with Gasteiger partial charge in [-0.1, -0.05) is 57.2 Å². The molecule has 19 heavy (non-hydrogen) atoms. The maximum Gasteiger partial charge on any atom is 0.126 e. The van der Waals surface area contributed by atoms with E-state index in [0.717, 1.165) is 18.5 Å². The van der Waals surface area contributed by atoms with Gasteiger partial charge in [-0.15, -0.1) is 0 Å². The molecule has 0 aromatic heterocycles. The Morgan fingerprint density at radius 1 is 1.11 bits per heavy atom. The highest BCUT2D eigenvalue weighted by molar-refractivity contribution is 5.17. The van der Waals surface area contributed by atoms with Gasteiger partial charge >= 0.3 is 0 Å². The predicted octanol–water partition coefficient (Wildman–Crippen LogP) is 4.71. The number of rotatable bonds is 10. The highest BCUT2D eigenvalue weighted by Crippen LogP contribution is 2.08. The first-order valence-corrected chi connectivity index (χ1v) is 7.70. The van der Waals surface area contributed by atoms with Crippen LogP contribution in [0.3, 0.4) is 0 Å². The van der Waals surface area contributed by atoms with Crippen molar-refractivity contribution in [3.63, 3.8) is 0 Å². The van der Waals surface area contributed by atoms with E-state index in [1.54, 1.807) is 6.07 Å². The Morgan fingerprint density at radius 2 is 1.84 bits per heavy atom. The van der Waals surface area contributed by atoms with E-state index in [1.807, 2.05) is 12.1 Å². The van der Waals surface area contributed by atoms with Crippen LogP contribution in [-0.2, 0) is 6.42 Å². The van der Waals surface area contributed by atoms with Gasteiger partial charge in [-0.05, 0) is 37.9 Å². The molecule has 0 spiro atoms. The molecule has 0 saturated carbocycles. The predicted molar refractivity (Wildman–Crippen MR) is 80.9 cm³/mol. The first-order valence-electron chi connectivity index (χ1n) is 7.70. The van der Waals surface area contributed by atoms with Crippen molar-refractivity contribution in [3.8, 4) is 0 Å². The fourth-order valence-corrected chi connectivity index (χ4v) is 2.31. The second-order valence-electron chi connectivity index (χ2n) is 5.40. The van der Waals surface area contributed by atoms with E-state index in [1.165, 1.54) is 44.6 Å². The SMILES string of the molecule is CCCCCCCC(C)NCCc1ccccc1F. The van der Waals surface area contributed by atoms with Crippen molar-refractivity contribution >= 4 is 0 Å². The van der Waals surface area contributed by atoms with Crippen LogP contribution in [0.5, 0.6) is 0 Å². The summed E-state index contributed by atoms with van der Waals surface area (Å²) >= 11 is 0. The van der Waals surface area contributed by atoms with Crippen molar-refractivity contribution < 1.29 is 4.39 Å². The van der Waals surface area contributed by atoms with Crippen LogP contribution in [0.2, 0.25) is 0 Å². The van der Waals surface area contributed by atoms with Gasteiger partial charge in [-0.25, -0.2) is 4.39 Å². The highest BCUT2D eigenvalue weighted by atomic mass is 19.1. The molecule has 0 fully saturated rings. The van der Waals surface area contributed by atoms with Crippen molar-refractivity contribution in [3.05, 3.63) is 35.6 Å². The van der Waals surface area contributed by atoms with Crippen LogP contribution in [0.1, 0.15) is 57.9 Å². The molecule has 1 N–H and O–H groups in total. The number of hydrogen-bond donors (Lipinski definition) is 1. The number of benzene rings is 1. The van der Waals surface area contributed by atoms with E-state index in [4.69, 9.17) is 0 Å². The minimum atomic E-state index is -0.0866. The molecule has 2 heteroatoms. The Morgan fingerprint density at radius 3 is 2.58 bits per heavy atom. The molecule has 1 aromatic carbocycles. The lowest BCUT2D eigenvalue weighted by atomic mass is 10.1. The molecule has 0 radical (unpaired) electrons. The summed E-state index contributed by atoms with van der Waals surface area (Å²) in [5, 5.41) is 3.48. The Labute approximate surface area is 117 Å². The molecular formula is C17H28FN. The fourth-order valence-electron chi connectivity index (χ4n) is 2.31. The summed E-state index contributed by atoms with van der Waals surface area (Å²) in [6.07, 6.45) is 8.65. The summed E-state index contributed by atoms with van der Waals surface area (Å²) in [5.41, 5.74) is 0.810. The van der Waals surface area contributed by atoms with Crippen LogP contribution < -0.4 is 5.32 Å².